The number of sulfonamides is 1. The number of aromatic amines is 1. The van der Waals surface area contributed by atoms with Gasteiger partial charge in [-0.25, -0.2) is 8.42 Å². The summed E-state index contributed by atoms with van der Waals surface area (Å²) in [6, 6.07) is 0. The highest BCUT2D eigenvalue weighted by molar-refractivity contribution is 8.00. The third-order valence-electron chi connectivity index (χ3n) is 3.24. The van der Waals surface area contributed by atoms with Crippen LogP contribution in [0, 0.1) is 0 Å². The molecule has 1 saturated heterocycles. The number of rotatable bonds is 3. The van der Waals surface area contributed by atoms with Crippen molar-refractivity contribution in [3.8, 4) is 0 Å². The van der Waals surface area contributed by atoms with Gasteiger partial charge >= 0.3 is 0 Å². The SMILES string of the molecule is CC1(C)CCN(S(=O)(=O)c2[nH]ncc2CO)CCS1. The zero-order valence-electron chi connectivity index (χ0n) is 11.1. The lowest BCUT2D eigenvalue weighted by atomic mass is 10.1. The van der Waals surface area contributed by atoms with Crippen LogP contribution in [-0.2, 0) is 16.6 Å². The van der Waals surface area contributed by atoms with E-state index < -0.39 is 10.0 Å². The van der Waals surface area contributed by atoms with Gasteiger partial charge in [0.25, 0.3) is 10.0 Å². The van der Waals surface area contributed by atoms with E-state index in [-0.39, 0.29) is 16.4 Å². The number of hydrogen-bond donors (Lipinski definition) is 2. The average molecular weight is 305 g/mol. The fourth-order valence-corrected chi connectivity index (χ4v) is 4.76. The Morgan fingerprint density at radius 1 is 1.53 bits per heavy atom. The molecule has 1 aliphatic rings. The van der Waals surface area contributed by atoms with Crippen molar-refractivity contribution in [2.45, 2.75) is 36.6 Å². The summed E-state index contributed by atoms with van der Waals surface area (Å²) in [6.07, 6.45) is 2.16. The quantitative estimate of drug-likeness (QED) is 0.863. The molecule has 0 unspecified atom stereocenters. The van der Waals surface area contributed by atoms with Crippen molar-refractivity contribution in [1.82, 2.24) is 14.5 Å². The van der Waals surface area contributed by atoms with Crippen molar-refractivity contribution in [2.75, 3.05) is 18.8 Å². The summed E-state index contributed by atoms with van der Waals surface area (Å²) in [5.74, 6) is 0.773. The van der Waals surface area contributed by atoms with Crippen LogP contribution in [0.2, 0.25) is 0 Å². The first-order valence-corrected chi connectivity index (χ1v) is 8.56. The maximum absolute atomic E-state index is 12.5. The Morgan fingerprint density at radius 2 is 2.26 bits per heavy atom. The molecule has 0 radical (unpaired) electrons. The Labute approximate surface area is 117 Å². The molecule has 1 aromatic rings. The lowest BCUT2D eigenvalue weighted by molar-refractivity contribution is 0.278. The van der Waals surface area contributed by atoms with Crippen molar-refractivity contribution in [3.63, 3.8) is 0 Å². The topological polar surface area (TPSA) is 86.3 Å². The molecule has 2 rings (SSSR count). The average Bonchev–Trinajstić information content (AvgIpc) is 2.74. The zero-order chi connectivity index (χ0) is 14.1. The molecule has 0 aliphatic carbocycles. The van der Waals surface area contributed by atoms with Gasteiger partial charge in [-0.15, -0.1) is 0 Å². The van der Waals surface area contributed by atoms with E-state index in [2.05, 4.69) is 24.0 Å². The molecule has 0 spiro atoms. The van der Waals surface area contributed by atoms with Gasteiger partial charge < -0.3 is 5.11 Å². The van der Waals surface area contributed by atoms with Gasteiger partial charge in [0.2, 0.25) is 0 Å². The fourth-order valence-electron chi connectivity index (χ4n) is 2.01. The number of aliphatic hydroxyl groups is 1. The smallest absolute Gasteiger partial charge is 0.260 e. The monoisotopic (exact) mass is 305 g/mol. The molecule has 6 nitrogen and oxygen atoms in total. The number of hydrogen-bond acceptors (Lipinski definition) is 5. The standard InChI is InChI=1S/C11H19N3O3S2/c1-11(2)3-4-14(5-6-18-11)19(16,17)10-9(8-15)7-12-13-10/h7,15H,3-6,8H2,1-2H3,(H,12,13). The van der Waals surface area contributed by atoms with Crippen molar-refractivity contribution in [2.24, 2.45) is 0 Å². The molecule has 19 heavy (non-hydrogen) atoms. The number of H-pyrrole nitrogens is 1. The van der Waals surface area contributed by atoms with Crippen LogP contribution in [0.15, 0.2) is 11.2 Å². The lowest BCUT2D eigenvalue weighted by Crippen LogP contribution is -2.34. The van der Waals surface area contributed by atoms with E-state index in [1.54, 1.807) is 11.8 Å². The molecule has 0 aromatic carbocycles. The summed E-state index contributed by atoms with van der Waals surface area (Å²) in [6.45, 7) is 4.90. The highest BCUT2D eigenvalue weighted by Gasteiger charge is 2.32. The Balaban J connectivity index is 2.25. The minimum atomic E-state index is -3.59. The van der Waals surface area contributed by atoms with E-state index in [4.69, 9.17) is 5.11 Å². The third-order valence-corrected chi connectivity index (χ3v) is 6.53. The van der Waals surface area contributed by atoms with Gasteiger partial charge in [-0.05, 0) is 6.42 Å². The van der Waals surface area contributed by atoms with Gasteiger partial charge in [-0.1, -0.05) is 13.8 Å². The summed E-state index contributed by atoms with van der Waals surface area (Å²) in [5.41, 5.74) is 0.316. The van der Waals surface area contributed by atoms with Crippen LogP contribution in [0.25, 0.3) is 0 Å². The predicted molar refractivity (Wildman–Crippen MR) is 74.4 cm³/mol. The van der Waals surface area contributed by atoms with Gasteiger partial charge in [0.05, 0.1) is 12.8 Å². The first kappa shape index (κ1) is 14.8. The molecule has 2 N–H and O–H groups in total. The molecular weight excluding hydrogens is 286 g/mol. The first-order valence-electron chi connectivity index (χ1n) is 6.14. The molecule has 0 atom stereocenters. The Kier molecular flexibility index (Phi) is 4.24. The number of nitrogens with one attached hydrogen (secondary N) is 1. The van der Waals surface area contributed by atoms with Crippen LogP contribution < -0.4 is 0 Å². The van der Waals surface area contributed by atoms with Crippen LogP contribution in [0.4, 0.5) is 0 Å². The van der Waals surface area contributed by atoms with Crippen molar-refractivity contribution < 1.29 is 13.5 Å². The maximum atomic E-state index is 12.5. The second kappa shape index (κ2) is 5.43. The van der Waals surface area contributed by atoms with Gasteiger partial charge in [0.1, 0.15) is 0 Å². The van der Waals surface area contributed by atoms with Crippen LogP contribution in [-0.4, -0.2) is 51.6 Å². The summed E-state index contributed by atoms with van der Waals surface area (Å²) in [5, 5.41) is 15.4. The van der Waals surface area contributed by atoms with E-state index in [0.29, 0.717) is 18.7 Å². The van der Waals surface area contributed by atoms with Crippen molar-refractivity contribution in [3.05, 3.63) is 11.8 Å². The summed E-state index contributed by atoms with van der Waals surface area (Å²) >= 11 is 1.79. The van der Waals surface area contributed by atoms with E-state index in [9.17, 15) is 8.42 Å². The fraction of sp³-hybridized carbons (Fsp3) is 0.727. The molecule has 0 bridgehead atoms. The van der Waals surface area contributed by atoms with Gasteiger partial charge in [-0.3, -0.25) is 5.10 Å². The second-order valence-corrected chi connectivity index (χ2v) is 8.82. The summed E-state index contributed by atoms with van der Waals surface area (Å²) in [7, 11) is -3.59. The van der Waals surface area contributed by atoms with E-state index in [0.717, 1.165) is 12.2 Å². The molecule has 1 aromatic heterocycles. The van der Waals surface area contributed by atoms with Crippen LogP contribution in [0.1, 0.15) is 25.8 Å². The minimum absolute atomic E-state index is 0.0136. The van der Waals surface area contributed by atoms with Gasteiger partial charge in [0, 0.05) is 29.2 Å². The Bertz CT molecular complexity index is 539. The third kappa shape index (κ3) is 3.13. The number of nitrogens with zero attached hydrogens (tertiary/aromatic N) is 2. The molecule has 1 fully saturated rings. The number of aromatic nitrogens is 2. The normalized spacial score (nSPS) is 21.2. The molecule has 0 saturated carbocycles. The van der Waals surface area contributed by atoms with Crippen LogP contribution >= 0.6 is 11.8 Å². The summed E-state index contributed by atoms with van der Waals surface area (Å²) < 4.78 is 26.6. The zero-order valence-corrected chi connectivity index (χ0v) is 12.7. The lowest BCUT2D eigenvalue weighted by Gasteiger charge is -2.22. The number of thioether (sulfide) groups is 1. The van der Waals surface area contributed by atoms with Crippen LogP contribution in [0.3, 0.4) is 0 Å². The first-order chi connectivity index (χ1) is 8.87. The van der Waals surface area contributed by atoms with E-state index >= 15 is 0 Å². The van der Waals surface area contributed by atoms with Gasteiger partial charge in [-0.2, -0.15) is 21.2 Å². The van der Waals surface area contributed by atoms with E-state index in [1.807, 2.05) is 0 Å². The van der Waals surface area contributed by atoms with E-state index in [1.165, 1.54) is 10.5 Å². The molecular formula is C11H19N3O3S2. The van der Waals surface area contributed by atoms with Crippen molar-refractivity contribution in [1.29, 1.82) is 0 Å². The molecule has 108 valence electrons. The number of aliphatic hydroxyl groups excluding tert-OH is 1. The van der Waals surface area contributed by atoms with Crippen LogP contribution in [0.5, 0.6) is 0 Å². The molecule has 1 aliphatic heterocycles. The molecule has 8 heteroatoms. The highest BCUT2D eigenvalue weighted by Crippen LogP contribution is 2.32. The Hall–Kier alpha value is -0.570. The summed E-state index contributed by atoms with van der Waals surface area (Å²) in [4.78, 5) is 0. The molecule has 0 amide bonds. The minimum Gasteiger partial charge on any atom is -0.392 e. The second-order valence-electron chi connectivity index (χ2n) is 5.14. The largest absolute Gasteiger partial charge is 0.392 e. The maximum Gasteiger partial charge on any atom is 0.260 e. The highest BCUT2D eigenvalue weighted by atomic mass is 32.2. The van der Waals surface area contributed by atoms with Crippen molar-refractivity contribution >= 4 is 21.8 Å². The molecule has 2 heterocycles. The Morgan fingerprint density at radius 3 is 2.95 bits per heavy atom. The predicted octanol–water partition coefficient (Wildman–Crippen LogP) is 0.808. The van der Waals surface area contributed by atoms with Gasteiger partial charge in [0.15, 0.2) is 5.03 Å².